The monoisotopic (exact) mass is 866 g/mol. The van der Waals surface area contributed by atoms with Gasteiger partial charge >= 0.3 is 25.7 Å². The molecule has 0 saturated carbocycles. The van der Waals surface area contributed by atoms with E-state index in [2.05, 4.69) is 73.1 Å². The number of carboxylic acids is 1. The van der Waals surface area contributed by atoms with Crippen LogP contribution in [0.3, 0.4) is 0 Å². The number of phosphoric ester groups is 1. The van der Waals surface area contributed by atoms with Crippen LogP contribution in [0.4, 0.5) is 0 Å². The molecule has 0 aliphatic rings. The first-order valence-corrected chi connectivity index (χ1v) is 23.3. The van der Waals surface area contributed by atoms with Gasteiger partial charge in [-0.3, -0.25) is 23.4 Å². The van der Waals surface area contributed by atoms with Crippen LogP contribution < -0.4 is 5.73 Å². The number of ether oxygens (including phenoxy) is 2. The first-order chi connectivity index (χ1) is 28.9. The fourth-order valence-corrected chi connectivity index (χ4v) is 6.00. The van der Waals surface area contributed by atoms with E-state index in [1.807, 2.05) is 24.3 Å². The van der Waals surface area contributed by atoms with Crippen molar-refractivity contribution in [3.8, 4) is 0 Å². The number of esters is 2. The fourth-order valence-electron chi connectivity index (χ4n) is 5.22. The van der Waals surface area contributed by atoms with Gasteiger partial charge < -0.3 is 35.4 Å². The minimum Gasteiger partial charge on any atom is -0.480 e. The summed E-state index contributed by atoms with van der Waals surface area (Å²) < 4.78 is 32.4. The molecule has 6 N–H and O–H groups in total. The number of aliphatic hydroxyl groups is 2. The lowest BCUT2D eigenvalue weighted by atomic mass is 10.0. The third kappa shape index (κ3) is 37.6. The predicted molar refractivity (Wildman–Crippen MR) is 238 cm³/mol. The van der Waals surface area contributed by atoms with E-state index < -0.39 is 69.9 Å². The second-order valence-corrected chi connectivity index (χ2v) is 15.9. The summed E-state index contributed by atoms with van der Waals surface area (Å²) in [6, 6.07) is -1.58. The summed E-state index contributed by atoms with van der Waals surface area (Å²) in [5, 5.41) is 29.6. The highest BCUT2D eigenvalue weighted by molar-refractivity contribution is 7.47. The Morgan fingerprint density at radius 2 is 1.03 bits per heavy atom. The van der Waals surface area contributed by atoms with Crippen molar-refractivity contribution in [3.63, 3.8) is 0 Å². The molecule has 342 valence electrons. The van der Waals surface area contributed by atoms with Crippen molar-refractivity contribution in [3.05, 3.63) is 85.1 Å². The van der Waals surface area contributed by atoms with Crippen molar-refractivity contribution in [2.24, 2.45) is 5.73 Å². The molecule has 0 saturated heterocycles. The fraction of sp³-hybridized carbons (Fsp3) is 0.630. The van der Waals surface area contributed by atoms with Crippen molar-refractivity contribution in [1.82, 2.24) is 0 Å². The zero-order chi connectivity index (χ0) is 44.5. The number of hydrogen-bond acceptors (Lipinski definition) is 11. The van der Waals surface area contributed by atoms with Gasteiger partial charge in [0.2, 0.25) is 0 Å². The van der Waals surface area contributed by atoms with Gasteiger partial charge in [-0.25, -0.2) is 4.57 Å². The molecule has 5 atom stereocenters. The number of unbranched alkanes of at least 4 members (excludes halogenated alkanes) is 7. The molecular formula is C46H76NO12P. The molecule has 13 nitrogen and oxygen atoms in total. The van der Waals surface area contributed by atoms with Gasteiger partial charge in [-0.05, 0) is 89.9 Å². The number of carbonyl (C=O) groups excluding carboxylic acids is 2. The van der Waals surface area contributed by atoms with Crippen LogP contribution in [0, 0.1) is 0 Å². The largest absolute Gasteiger partial charge is 0.480 e. The number of hydrogen-bond donors (Lipinski definition) is 5. The zero-order valence-corrected chi connectivity index (χ0v) is 37.1. The Morgan fingerprint density at radius 3 is 1.53 bits per heavy atom. The standard InChI is InChI=1S/C46H76NO12P/c1-3-5-7-9-11-13-15-17-18-19-20-21-23-25-27-29-31-35-44(50)56-37-40(38-57-60(54,55)58-39-41(47)46(52)53)59-45(51)36-32-34-43(49)42(48)33-30-28-26-24-22-16-14-12-10-8-6-4-2/h11-14,17-18,20-22,24-25,27-28,30,40-43,48-49H,3-10,15-16,19,23,26,29,31-39,47H2,1-2H3,(H,52,53)(H,54,55)/b13-11-,14-12-,18-17-,21-20-,24-22-,27-25-,30-28-/t40-,41+,42?,43?/m1/s1. The van der Waals surface area contributed by atoms with Gasteiger partial charge in [0.05, 0.1) is 25.4 Å². The smallest absolute Gasteiger partial charge is 0.472 e. The lowest BCUT2D eigenvalue weighted by Gasteiger charge is -2.20. The first kappa shape index (κ1) is 56.6. The molecule has 0 heterocycles. The lowest BCUT2D eigenvalue weighted by Crippen LogP contribution is -2.34. The van der Waals surface area contributed by atoms with E-state index in [-0.39, 0.29) is 32.1 Å². The number of allylic oxidation sites excluding steroid dienone is 13. The van der Waals surface area contributed by atoms with Gasteiger partial charge in [-0.1, -0.05) is 125 Å². The maximum absolute atomic E-state index is 12.7. The molecule has 0 aliphatic carbocycles. The Kier molecular flexibility index (Phi) is 37.4. The topological polar surface area (TPSA) is 212 Å². The number of carbonyl (C=O) groups is 3. The molecule has 60 heavy (non-hydrogen) atoms. The van der Waals surface area contributed by atoms with Crippen molar-refractivity contribution >= 4 is 25.7 Å². The third-order valence-electron chi connectivity index (χ3n) is 8.82. The van der Waals surface area contributed by atoms with Crippen LogP contribution in [0.5, 0.6) is 0 Å². The number of rotatable bonds is 39. The number of aliphatic carboxylic acids is 1. The molecule has 0 radical (unpaired) electrons. The third-order valence-corrected chi connectivity index (χ3v) is 9.77. The molecule has 0 amide bonds. The van der Waals surface area contributed by atoms with Gasteiger partial charge in [-0.15, -0.1) is 0 Å². The number of carboxylic acid groups (broad SMARTS) is 1. The molecule has 0 bridgehead atoms. The van der Waals surface area contributed by atoms with Gasteiger partial charge in [0.1, 0.15) is 12.6 Å². The summed E-state index contributed by atoms with van der Waals surface area (Å²) in [7, 11) is -4.82. The summed E-state index contributed by atoms with van der Waals surface area (Å²) in [6.07, 6.45) is 41.1. The number of aliphatic hydroxyl groups excluding tert-OH is 2. The number of phosphoric acid groups is 1. The van der Waals surface area contributed by atoms with E-state index in [1.165, 1.54) is 38.5 Å². The predicted octanol–water partition coefficient (Wildman–Crippen LogP) is 9.44. The second-order valence-electron chi connectivity index (χ2n) is 14.4. The van der Waals surface area contributed by atoms with Crippen LogP contribution in [0.1, 0.15) is 142 Å². The van der Waals surface area contributed by atoms with E-state index in [0.717, 1.165) is 38.5 Å². The summed E-state index contributed by atoms with van der Waals surface area (Å²) in [5.74, 6) is -2.79. The average molecular weight is 866 g/mol. The minimum absolute atomic E-state index is 0.0805. The minimum atomic E-state index is -4.82. The Balaban J connectivity index is 4.72. The van der Waals surface area contributed by atoms with Crippen molar-refractivity contribution in [2.45, 2.75) is 167 Å². The van der Waals surface area contributed by atoms with Crippen LogP contribution in [-0.2, 0) is 37.5 Å². The van der Waals surface area contributed by atoms with Crippen LogP contribution >= 0.6 is 7.82 Å². The molecule has 14 heteroatoms. The Hall–Kier alpha value is -3.42. The van der Waals surface area contributed by atoms with Crippen molar-refractivity contribution in [2.75, 3.05) is 19.8 Å². The van der Waals surface area contributed by atoms with E-state index in [1.54, 1.807) is 6.08 Å². The van der Waals surface area contributed by atoms with Crippen LogP contribution in [0.25, 0.3) is 0 Å². The number of nitrogens with two attached hydrogens (primary N) is 1. The molecular weight excluding hydrogens is 789 g/mol. The highest BCUT2D eigenvalue weighted by atomic mass is 31.2. The van der Waals surface area contributed by atoms with Crippen molar-refractivity contribution in [1.29, 1.82) is 0 Å². The summed E-state index contributed by atoms with van der Waals surface area (Å²) in [5.41, 5.74) is 5.31. The van der Waals surface area contributed by atoms with Gasteiger partial charge in [-0.2, -0.15) is 0 Å². The molecule has 0 aliphatic heterocycles. The SMILES string of the molecule is CCCCC/C=C\C/C=C\C/C=C\C/C=C\CCCC(=O)OC[C@H](COP(=O)(O)OC[C@H](N)C(=O)O)OC(=O)CCCC(O)C(O)C/C=C\C/C=C\C/C=C\CCCCC. The Morgan fingerprint density at radius 1 is 0.583 bits per heavy atom. The van der Waals surface area contributed by atoms with E-state index in [0.29, 0.717) is 19.3 Å². The van der Waals surface area contributed by atoms with Gasteiger partial charge in [0.15, 0.2) is 6.10 Å². The zero-order valence-electron chi connectivity index (χ0n) is 36.2. The Bertz CT molecular complexity index is 1370. The second kappa shape index (κ2) is 39.7. The van der Waals surface area contributed by atoms with Crippen LogP contribution in [0.2, 0.25) is 0 Å². The maximum atomic E-state index is 12.7. The maximum Gasteiger partial charge on any atom is 0.472 e. The molecule has 0 aromatic heterocycles. The Labute approximate surface area is 359 Å². The molecule has 0 aromatic rings. The van der Waals surface area contributed by atoms with Crippen molar-refractivity contribution < 1.29 is 57.7 Å². The summed E-state index contributed by atoms with van der Waals surface area (Å²) in [6.45, 7) is 2.37. The van der Waals surface area contributed by atoms with Gasteiger partial charge in [0.25, 0.3) is 0 Å². The quantitative estimate of drug-likeness (QED) is 0.0169. The highest BCUT2D eigenvalue weighted by Gasteiger charge is 2.28. The summed E-state index contributed by atoms with van der Waals surface area (Å²) in [4.78, 5) is 46.0. The van der Waals surface area contributed by atoms with Crippen LogP contribution in [0.15, 0.2) is 85.1 Å². The normalized spacial score (nSPS) is 15.6. The molecule has 3 unspecified atom stereocenters. The van der Waals surface area contributed by atoms with Gasteiger partial charge in [0, 0.05) is 12.8 Å². The van der Waals surface area contributed by atoms with E-state index >= 15 is 0 Å². The summed E-state index contributed by atoms with van der Waals surface area (Å²) >= 11 is 0. The molecule has 0 fully saturated rings. The van der Waals surface area contributed by atoms with Crippen LogP contribution in [-0.4, -0.2) is 82.3 Å². The molecule has 0 spiro atoms. The lowest BCUT2D eigenvalue weighted by molar-refractivity contribution is -0.161. The van der Waals surface area contributed by atoms with E-state index in [9.17, 15) is 34.1 Å². The average Bonchev–Trinajstić information content (AvgIpc) is 3.22. The molecule has 0 rings (SSSR count). The first-order valence-electron chi connectivity index (χ1n) is 21.8. The highest BCUT2D eigenvalue weighted by Crippen LogP contribution is 2.43. The molecule has 0 aromatic carbocycles. The van der Waals surface area contributed by atoms with E-state index in [4.69, 9.17) is 24.8 Å².